The molecular formula is C17H16N5NaO6S2. The molecule has 11 nitrogen and oxygen atoms in total. The number of aliphatic imine (C=N–C) groups is 1. The number of hydrogen-bond acceptors (Lipinski definition) is 8. The average Bonchev–Trinajstić information content (AvgIpc) is 3.28. The summed E-state index contributed by atoms with van der Waals surface area (Å²) < 4.78 is 36.8. The average molecular weight is 473 g/mol. The van der Waals surface area contributed by atoms with E-state index in [-0.39, 0.29) is 46.9 Å². The fraction of sp³-hybridized carbons (Fsp3) is 0.294. The van der Waals surface area contributed by atoms with Gasteiger partial charge in [0.1, 0.15) is 5.84 Å². The zero-order chi connectivity index (χ0) is 21.5. The van der Waals surface area contributed by atoms with Crippen LogP contribution in [0.2, 0.25) is 0 Å². The van der Waals surface area contributed by atoms with Crippen molar-refractivity contribution in [2.75, 3.05) is 6.54 Å². The van der Waals surface area contributed by atoms with Gasteiger partial charge >= 0.3 is 41.5 Å². The van der Waals surface area contributed by atoms with Gasteiger partial charge in [-0.25, -0.2) is 18.2 Å². The minimum Gasteiger partial charge on any atom is -0.724 e. The Morgan fingerprint density at radius 1 is 1.29 bits per heavy atom. The van der Waals surface area contributed by atoms with Crippen molar-refractivity contribution in [1.29, 1.82) is 0 Å². The van der Waals surface area contributed by atoms with Crippen molar-refractivity contribution in [2.24, 2.45) is 10.7 Å². The number of rotatable bonds is 5. The number of urea groups is 1. The fourth-order valence-electron chi connectivity index (χ4n) is 3.49. The molecule has 1 aromatic heterocycles. The zero-order valence-electron chi connectivity index (χ0n) is 16.4. The molecule has 2 bridgehead atoms. The van der Waals surface area contributed by atoms with E-state index in [0.717, 1.165) is 16.9 Å². The van der Waals surface area contributed by atoms with Crippen LogP contribution in [0.25, 0.3) is 11.3 Å². The molecule has 2 atom stereocenters. The second-order valence-corrected chi connectivity index (χ2v) is 8.56. The van der Waals surface area contributed by atoms with E-state index in [2.05, 4.69) is 14.3 Å². The normalized spacial score (nSPS) is 21.2. The van der Waals surface area contributed by atoms with Crippen LogP contribution in [-0.2, 0) is 14.7 Å². The summed E-state index contributed by atoms with van der Waals surface area (Å²) in [6, 6.07) is 7.22. The third kappa shape index (κ3) is 5.14. The predicted molar refractivity (Wildman–Crippen MR) is 105 cm³/mol. The van der Waals surface area contributed by atoms with Crippen LogP contribution in [0.5, 0.6) is 0 Å². The van der Waals surface area contributed by atoms with E-state index < -0.39 is 34.4 Å². The van der Waals surface area contributed by atoms with Crippen LogP contribution in [0.4, 0.5) is 4.79 Å². The number of fused-ring (bicyclic) bond motifs is 2. The summed E-state index contributed by atoms with van der Waals surface area (Å²) in [6.07, 6.45) is 0.674. The molecule has 14 heteroatoms. The second kappa shape index (κ2) is 9.32. The van der Waals surface area contributed by atoms with Gasteiger partial charge in [-0.15, -0.1) is 11.3 Å². The van der Waals surface area contributed by atoms with Gasteiger partial charge in [0.15, 0.2) is 5.01 Å². The maximum Gasteiger partial charge on any atom is 1.00 e. The van der Waals surface area contributed by atoms with E-state index in [4.69, 9.17) is 5.73 Å². The van der Waals surface area contributed by atoms with Gasteiger partial charge in [-0.3, -0.25) is 4.79 Å². The zero-order valence-corrected chi connectivity index (χ0v) is 20.0. The molecule has 3 heterocycles. The van der Waals surface area contributed by atoms with Gasteiger partial charge in [-0.1, -0.05) is 30.3 Å². The third-order valence-electron chi connectivity index (χ3n) is 4.82. The molecule has 2 fully saturated rings. The minimum atomic E-state index is -5.09. The Morgan fingerprint density at radius 2 is 2.00 bits per heavy atom. The van der Waals surface area contributed by atoms with Crippen molar-refractivity contribution in [3.8, 4) is 11.3 Å². The molecule has 4 rings (SSSR count). The number of nitrogens with two attached hydrogens (primary N) is 1. The largest absolute Gasteiger partial charge is 1.00 e. The Bertz CT molecular complexity index is 1120. The van der Waals surface area contributed by atoms with Crippen molar-refractivity contribution in [3.63, 3.8) is 0 Å². The predicted octanol–water partition coefficient (Wildman–Crippen LogP) is -2.03. The molecule has 2 aromatic rings. The molecule has 0 radical (unpaired) electrons. The quantitative estimate of drug-likeness (QED) is 0.171. The molecule has 2 N–H and O–H groups in total. The monoisotopic (exact) mass is 473 g/mol. The fourth-order valence-corrected chi connectivity index (χ4v) is 4.58. The molecule has 0 aliphatic carbocycles. The first-order valence-electron chi connectivity index (χ1n) is 8.87. The molecule has 3 amide bonds. The molecule has 1 aromatic carbocycles. The maximum atomic E-state index is 12.5. The first-order valence-corrected chi connectivity index (χ1v) is 11.1. The maximum absolute atomic E-state index is 12.5. The van der Waals surface area contributed by atoms with Crippen molar-refractivity contribution >= 4 is 39.5 Å². The topological polar surface area (TPSA) is 158 Å². The molecule has 0 spiro atoms. The molecule has 2 aliphatic heterocycles. The van der Waals surface area contributed by atoms with Crippen LogP contribution in [0, 0.1) is 0 Å². The molecular weight excluding hydrogens is 457 g/mol. The summed E-state index contributed by atoms with van der Waals surface area (Å²) >= 11 is 1.13. The van der Waals surface area contributed by atoms with E-state index in [9.17, 15) is 22.6 Å². The number of piperidine rings is 1. The van der Waals surface area contributed by atoms with E-state index in [1.807, 2.05) is 30.3 Å². The smallest absolute Gasteiger partial charge is 0.724 e. The van der Waals surface area contributed by atoms with Crippen molar-refractivity contribution in [3.05, 3.63) is 40.7 Å². The Balaban J connectivity index is 0.00000272. The number of thiazole rings is 1. The Hall–Kier alpha value is -1.87. The van der Waals surface area contributed by atoms with Crippen LogP contribution >= 0.6 is 11.3 Å². The van der Waals surface area contributed by atoms with Crippen LogP contribution in [-0.4, -0.2) is 64.3 Å². The van der Waals surface area contributed by atoms with Crippen molar-refractivity contribution < 1.29 is 56.4 Å². The van der Waals surface area contributed by atoms with Gasteiger partial charge in [-0.2, -0.15) is 14.3 Å². The van der Waals surface area contributed by atoms with E-state index >= 15 is 0 Å². The first-order chi connectivity index (χ1) is 14.2. The molecule has 0 unspecified atom stereocenters. The van der Waals surface area contributed by atoms with Crippen molar-refractivity contribution in [2.45, 2.75) is 24.9 Å². The minimum absolute atomic E-state index is 0. The Labute approximate surface area is 204 Å². The SMILES string of the molecule is NC(=NC(=O)c1nc(-c2ccccc2)cs1)[C@@H]1CC[C@@H]2CN1C(=O)N2OS(=O)(=O)[O-].[Na+]. The number of carbonyl (C=O) groups excluding carboxylic acids is 2. The number of hydroxylamine groups is 2. The Morgan fingerprint density at radius 3 is 2.68 bits per heavy atom. The number of carbonyl (C=O) groups is 2. The summed E-state index contributed by atoms with van der Waals surface area (Å²) in [5.41, 5.74) is 7.50. The van der Waals surface area contributed by atoms with E-state index in [1.165, 1.54) is 4.90 Å². The number of hydrogen-bond donors (Lipinski definition) is 1. The van der Waals surface area contributed by atoms with Crippen LogP contribution < -0.4 is 35.3 Å². The van der Waals surface area contributed by atoms with Crippen LogP contribution in [0.3, 0.4) is 0 Å². The van der Waals surface area contributed by atoms with Crippen molar-refractivity contribution in [1.82, 2.24) is 14.9 Å². The van der Waals surface area contributed by atoms with Crippen LogP contribution in [0.1, 0.15) is 22.6 Å². The third-order valence-corrected chi connectivity index (χ3v) is 6.00. The number of amidine groups is 1. The summed E-state index contributed by atoms with van der Waals surface area (Å²) in [4.78, 5) is 34.3. The van der Waals surface area contributed by atoms with Gasteiger partial charge in [-0.05, 0) is 12.8 Å². The van der Waals surface area contributed by atoms with E-state index in [1.54, 1.807) is 5.38 Å². The standard InChI is InChI=1S/C17H17N5O6S2.Na/c18-14(13-7-6-11-8-21(13)17(24)22(11)28-30(25,26)27)20-15(23)16-19-12(9-29-16)10-4-2-1-3-5-10;/h1-5,9,11,13H,6-8H2,(H2,18,20,23)(H,25,26,27);/q;+1/p-1/t11-,13+;/m1./s1. The number of aromatic nitrogens is 1. The molecule has 0 saturated carbocycles. The van der Waals surface area contributed by atoms with Gasteiger partial charge < -0.3 is 15.2 Å². The molecule has 2 saturated heterocycles. The summed E-state index contributed by atoms with van der Waals surface area (Å²) in [6.45, 7) is 0.110. The van der Waals surface area contributed by atoms with E-state index in [0.29, 0.717) is 23.6 Å². The van der Waals surface area contributed by atoms with Gasteiger partial charge in [0.05, 0.1) is 17.8 Å². The molecule has 2 aliphatic rings. The van der Waals surface area contributed by atoms with Gasteiger partial charge in [0.2, 0.25) is 10.4 Å². The van der Waals surface area contributed by atoms with Crippen LogP contribution in [0.15, 0.2) is 40.7 Å². The number of benzene rings is 1. The summed E-state index contributed by atoms with van der Waals surface area (Å²) in [7, 11) is -5.09. The Kier molecular flexibility index (Phi) is 7.15. The summed E-state index contributed by atoms with van der Waals surface area (Å²) in [5, 5.41) is 2.44. The summed E-state index contributed by atoms with van der Waals surface area (Å²) in [5.74, 6) is -0.723. The molecule has 31 heavy (non-hydrogen) atoms. The second-order valence-electron chi connectivity index (χ2n) is 6.74. The first kappa shape index (κ1) is 23.8. The van der Waals surface area contributed by atoms with Gasteiger partial charge in [0, 0.05) is 17.5 Å². The molecule has 158 valence electrons. The number of amides is 3. The number of nitrogens with zero attached hydrogens (tertiary/aromatic N) is 4. The van der Waals surface area contributed by atoms with Gasteiger partial charge in [0.25, 0.3) is 0 Å².